The number of hydrogen-bond donors (Lipinski definition) is 0. The maximum Gasteiger partial charge on any atom is 0.409 e. The third-order valence-corrected chi connectivity index (χ3v) is 2.54. The minimum atomic E-state index is -0.387. The molecule has 5 heteroatoms. The highest BCUT2D eigenvalue weighted by atomic mass is 79.9. The van der Waals surface area contributed by atoms with Crippen molar-refractivity contribution in [2.75, 3.05) is 25.5 Å². The van der Waals surface area contributed by atoms with Gasteiger partial charge in [-0.2, -0.15) is 0 Å². The minimum Gasteiger partial charge on any atom is -0.453 e. The molecule has 0 saturated carbocycles. The van der Waals surface area contributed by atoms with Crippen LogP contribution in [0.4, 0.5) is 4.79 Å². The number of rotatable bonds is 5. The second kappa shape index (κ2) is 6.81. The van der Waals surface area contributed by atoms with E-state index in [-0.39, 0.29) is 17.8 Å². The third kappa shape index (κ3) is 4.09. The van der Waals surface area contributed by atoms with Crippen LogP contribution in [0.25, 0.3) is 0 Å². The van der Waals surface area contributed by atoms with Crippen LogP contribution in [0.3, 0.4) is 0 Å². The van der Waals surface area contributed by atoms with Gasteiger partial charge in [0.1, 0.15) is 5.78 Å². The van der Waals surface area contributed by atoms with Crippen LogP contribution in [0.5, 0.6) is 0 Å². The van der Waals surface area contributed by atoms with Gasteiger partial charge in [-0.05, 0) is 6.92 Å². The van der Waals surface area contributed by atoms with Crippen LogP contribution in [-0.4, -0.2) is 42.3 Å². The summed E-state index contributed by atoms with van der Waals surface area (Å²) in [5.41, 5.74) is 0. The summed E-state index contributed by atoms with van der Waals surface area (Å²) in [6.45, 7) is 4.61. The van der Waals surface area contributed by atoms with E-state index in [1.807, 2.05) is 6.92 Å². The van der Waals surface area contributed by atoms with Crippen LogP contribution < -0.4 is 0 Å². The number of amides is 1. The van der Waals surface area contributed by atoms with Crippen molar-refractivity contribution in [3.8, 4) is 0 Å². The van der Waals surface area contributed by atoms with Crippen molar-refractivity contribution in [1.82, 2.24) is 4.90 Å². The Hall–Kier alpha value is -0.580. The highest BCUT2D eigenvalue weighted by Gasteiger charge is 2.19. The number of methoxy groups -OCH3 is 1. The first-order valence-corrected chi connectivity index (χ1v) is 5.60. The number of carbonyl (C=O) groups is 2. The summed E-state index contributed by atoms with van der Waals surface area (Å²) in [7, 11) is 1.34. The molecule has 0 aliphatic rings. The number of Topliss-reactive ketones (excluding diaryl/α,β-unsaturated/α-hetero) is 1. The molecule has 0 aromatic carbocycles. The molecule has 1 atom stereocenters. The molecule has 0 N–H and O–H groups in total. The predicted octanol–water partition coefficient (Wildman–Crippen LogP) is 1.67. The monoisotopic (exact) mass is 265 g/mol. The zero-order chi connectivity index (χ0) is 11.1. The van der Waals surface area contributed by atoms with Crippen molar-refractivity contribution < 1.29 is 14.3 Å². The van der Waals surface area contributed by atoms with Crippen LogP contribution >= 0.6 is 15.9 Å². The number of halogens is 1. The van der Waals surface area contributed by atoms with Gasteiger partial charge in [0.15, 0.2) is 0 Å². The van der Waals surface area contributed by atoms with E-state index in [1.165, 1.54) is 12.0 Å². The van der Waals surface area contributed by atoms with Crippen LogP contribution in [0.15, 0.2) is 0 Å². The Morgan fingerprint density at radius 1 is 1.50 bits per heavy atom. The Morgan fingerprint density at radius 3 is 2.43 bits per heavy atom. The molecule has 0 aliphatic heterocycles. The summed E-state index contributed by atoms with van der Waals surface area (Å²) in [5.74, 6) is -0.0687. The lowest BCUT2D eigenvalue weighted by molar-refractivity contribution is -0.120. The van der Waals surface area contributed by atoms with Crippen molar-refractivity contribution in [2.24, 2.45) is 5.92 Å². The molecular formula is C9H16BrNO3. The van der Waals surface area contributed by atoms with Crippen molar-refractivity contribution in [1.29, 1.82) is 0 Å². The molecule has 0 radical (unpaired) electrons. The molecule has 0 aromatic rings. The third-order valence-electron chi connectivity index (χ3n) is 1.99. The van der Waals surface area contributed by atoms with Gasteiger partial charge in [0.25, 0.3) is 0 Å². The molecule has 1 amide bonds. The molecule has 0 aromatic heterocycles. The molecular weight excluding hydrogens is 250 g/mol. The van der Waals surface area contributed by atoms with E-state index in [1.54, 1.807) is 6.92 Å². The highest BCUT2D eigenvalue weighted by Crippen LogP contribution is 2.04. The summed E-state index contributed by atoms with van der Waals surface area (Å²) in [6, 6.07) is 0. The minimum absolute atomic E-state index is 0.0901. The fourth-order valence-electron chi connectivity index (χ4n) is 1.03. The first kappa shape index (κ1) is 13.4. The zero-order valence-corrected chi connectivity index (χ0v) is 10.3. The lowest BCUT2D eigenvalue weighted by Crippen LogP contribution is -2.36. The van der Waals surface area contributed by atoms with Crippen molar-refractivity contribution >= 4 is 27.8 Å². The van der Waals surface area contributed by atoms with Crippen LogP contribution in [0, 0.1) is 5.92 Å². The van der Waals surface area contributed by atoms with E-state index in [9.17, 15) is 9.59 Å². The van der Waals surface area contributed by atoms with Crippen molar-refractivity contribution in [3.05, 3.63) is 0 Å². The lowest BCUT2D eigenvalue weighted by atomic mass is 10.1. The van der Waals surface area contributed by atoms with Crippen LogP contribution in [0.2, 0.25) is 0 Å². The number of ether oxygens (including phenoxy) is 1. The van der Waals surface area contributed by atoms with E-state index >= 15 is 0 Å². The van der Waals surface area contributed by atoms with Gasteiger partial charge in [0, 0.05) is 19.0 Å². The average molecular weight is 266 g/mol. The maximum absolute atomic E-state index is 11.2. The molecule has 0 heterocycles. The highest BCUT2D eigenvalue weighted by molar-refractivity contribution is 9.09. The van der Waals surface area contributed by atoms with Gasteiger partial charge in [-0.25, -0.2) is 4.79 Å². The van der Waals surface area contributed by atoms with Gasteiger partial charge in [-0.15, -0.1) is 0 Å². The number of nitrogens with zero attached hydrogens (tertiary/aromatic N) is 1. The zero-order valence-electron chi connectivity index (χ0n) is 8.75. The Balaban J connectivity index is 4.17. The molecule has 82 valence electrons. The van der Waals surface area contributed by atoms with E-state index in [0.717, 1.165) is 0 Å². The van der Waals surface area contributed by atoms with E-state index in [2.05, 4.69) is 20.7 Å². The number of hydrogen-bond acceptors (Lipinski definition) is 3. The van der Waals surface area contributed by atoms with E-state index < -0.39 is 0 Å². The average Bonchev–Trinajstić information content (AvgIpc) is 2.22. The molecule has 0 aliphatic carbocycles. The molecule has 0 bridgehead atoms. The largest absolute Gasteiger partial charge is 0.453 e. The molecule has 0 fully saturated rings. The molecule has 0 saturated heterocycles. The van der Waals surface area contributed by atoms with Crippen LogP contribution in [0.1, 0.15) is 13.8 Å². The van der Waals surface area contributed by atoms with Crippen molar-refractivity contribution in [3.63, 3.8) is 0 Å². The molecule has 0 rings (SSSR count). The fourth-order valence-corrected chi connectivity index (χ4v) is 1.58. The van der Waals surface area contributed by atoms with Gasteiger partial charge in [-0.1, -0.05) is 22.9 Å². The number of alkyl halides is 1. The molecule has 1 unspecified atom stereocenters. The predicted molar refractivity (Wildman–Crippen MR) is 57.6 cm³/mol. The fraction of sp³-hybridized carbons (Fsp3) is 0.778. The van der Waals surface area contributed by atoms with Gasteiger partial charge in [0.2, 0.25) is 0 Å². The topological polar surface area (TPSA) is 46.6 Å². The van der Waals surface area contributed by atoms with E-state index in [0.29, 0.717) is 18.4 Å². The molecule has 4 nitrogen and oxygen atoms in total. The maximum atomic E-state index is 11.2. The lowest BCUT2D eigenvalue weighted by Gasteiger charge is -2.21. The Bertz CT molecular complexity index is 208. The van der Waals surface area contributed by atoms with Gasteiger partial charge < -0.3 is 9.64 Å². The van der Waals surface area contributed by atoms with Gasteiger partial charge in [-0.3, -0.25) is 4.79 Å². The summed E-state index contributed by atoms with van der Waals surface area (Å²) in [6.07, 6.45) is -0.387. The number of carbonyl (C=O) groups excluding carboxylic acids is 2. The van der Waals surface area contributed by atoms with Crippen LogP contribution in [-0.2, 0) is 9.53 Å². The molecule has 0 spiro atoms. The number of ketones is 1. The van der Waals surface area contributed by atoms with Gasteiger partial charge in [0.05, 0.1) is 12.4 Å². The first-order chi connectivity index (χ1) is 6.56. The quantitative estimate of drug-likeness (QED) is 0.711. The normalized spacial score (nSPS) is 12.0. The van der Waals surface area contributed by atoms with Crippen molar-refractivity contribution in [2.45, 2.75) is 13.8 Å². The second-order valence-corrected chi connectivity index (χ2v) is 3.57. The summed E-state index contributed by atoms with van der Waals surface area (Å²) in [5, 5.41) is 0.326. The summed E-state index contributed by atoms with van der Waals surface area (Å²) in [4.78, 5) is 23.9. The van der Waals surface area contributed by atoms with Gasteiger partial charge >= 0.3 is 6.09 Å². The second-order valence-electron chi connectivity index (χ2n) is 3.01. The summed E-state index contributed by atoms with van der Waals surface area (Å²) >= 11 is 3.10. The first-order valence-electron chi connectivity index (χ1n) is 4.48. The van der Waals surface area contributed by atoms with E-state index in [4.69, 9.17) is 0 Å². The Morgan fingerprint density at radius 2 is 2.07 bits per heavy atom. The Kier molecular flexibility index (Phi) is 6.53. The Labute approximate surface area is 92.7 Å². The standard InChI is InChI=1S/C9H16BrNO3/c1-4-11(9(13)14-3)6-7(2)8(12)5-10/h7H,4-6H2,1-3H3. The smallest absolute Gasteiger partial charge is 0.409 e. The SMILES string of the molecule is CCN(CC(C)C(=O)CBr)C(=O)OC. The molecule has 14 heavy (non-hydrogen) atoms. The summed E-state index contributed by atoms with van der Waals surface area (Å²) < 4.78 is 4.58.